The van der Waals surface area contributed by atoms with E-state index in [1.165, 1.54) is 5.56 Å². The first kappa shape index (κ1) is 13.3. The van der Waals surface area contributed by atoms with Crippen LogP contribution in [-0.4, -0.2) is 17.5 Å². The minimum atomic E-state index is 0.235. The molecule has 0 saturated carbocycles. The Bertz CT molecular complexity index is 308. The van der Waals surface area contributed by atoms with Crippen molar-refractivity contribution in [2.75, 3.05) is 12.4 Å². The van der Waals surface area contributed by atoms with Gasteiger partial charge in [0.1, 0.15) is 5.75 Å². The molecular weight excluding hydrogens is 222 g/mol. The first-order valence-electron chi connectivity index (χ1n) is 5.58. The van der Waals surface area contributed by atoms with Crippen LogP contribution in [0.15, 0.2) is 24.3 Å². The van der Waals surface area contributed by atoms with Crippen molar-refractivity contribution in [1.82, 2.24) is 5.32 Å². The molecule has 0 radical (unpaired) electrons. The van der Waals surface area contributed by atoms with Gasteiger partial charge in [-0.3, -0.25) is 0 Å². The maximum Gasteiger partial charge on any atom is 0.115 e. The Morgan fingerprint density at radius 2 is 1.88 bits per heavy atom. The van der Waals surface area contributed by atoms with Gasteiger partial charge in [-0.1, -0.05) is 26.0 Å². The van der Waals surface area contributed by atoms with Crippen LogP contribution < -0.4 is 5.32 Å². The van der Waals surface area contributed by atoms with Crippen LogP contribution in [0.1, 0.15) is 25.8 Å². The highest BCUT2D eigenvalue weighted by Gasteiger charge is 2.15. The summed E-state index contributed by atoms with van der Waals surface area (Å²) in [6.07, 6.45) is 1.01. The van der Waals surface area contributed by atoms with Gasteiger partial charge in [-0.15, -0.1) is 11.6 Å². The molecule has 0 spiro atoms. The van der Waals surface area contributed by atoms with Crippen LogP contribution in [0.25, 0.3) is 0 Å². The van der Waals surface area contributed by atoms with Crippen molar-refractivity contribution in [3.8, 4) is 5.75 Å². The summed E-state index contributed by atoms with van der Waals surface area (Å²) in [6, 6.07) is 7.27. The van der Waals surface area contributed by atoms with Gasteiger partial charge in [0.15, 0.2) is 0 Å². The first-order valence-corrected chi connectivity index (χ1v) is 6.11. The van der Waals surface area contributed by atoms with Gasteiger partial charge in [-0.25, -0.2) is 0 Å². The number of phenols is 1. The van der Waals surface area contributed by atoms with Crippen LogP contribution in [-0.2, 0) is 6.54 Å². The van der Waals surface area contributed by atoms with Gasteiger partial charge in [0.25, 0.3) is 0 Å². The largest absolute Gasteiger partial charge is 0.508 e. The SMILES string of the molecule is CC(C)(CCCl)CNCc1ccc(O)cc1. The number of phenolic OH excluding ortho intramolecular Hbond substituents is 1. The Labute approximate surface area is 103 Å². The Morgan fingerprint density at radius 3 is 2.44 bits per heavy atom. The Balaban J connectivity index is 2.32. The van der Waals surface area contributed by atoms with Crippen LogP contribution in [0.5, 0.6) is 5.75 Å². The molecule has 90 valence electrons. The lowest BCUT2D eigenvalue weighted by molar-refractivity contribution is 0.329. The predicted octanol–water partition coefficient (Wildman–Crippen LogP) is 3.14. The highest BCUT2D eigenvalue weighted by atomic mass is 35.5. The predicted molar refractivity (Wildman–Crippen MR) is 68.9 cm³/mol. The van der Waals surface area contributed by atoms with E-state index in [4.69, 9.17) is 16.7 Å². The number of hydrogen-bond donors (Lipinski definition) is 2. The smallest absolute Gasteiger partial charge is 0.115 e. The zero-order valence-electron chi connectivity index (χ0n) is 9.96. The molecule has 0 heterocycles. The fourth-order valence-corrected chi connectivity index (χ4v) is 2.01. The second-order valence-corrected chi connectivity index (χ2v) is 5.25. The van der Waals surface area contributed by atoms with E-state index in [0.29, 0.717) is 11.6 Å². The van der Waals surface area contributed by atoms with Crippen molar-refractivity contribution in [3.05, 3.63) is 29.8 Å². The topological polar surface area (TPSA) is 32.3 Å². The van der Waals surface area contributed by atoms with Crippen molar-refractivity contribution in [2.24, 2.45) is 5.41 Å². The van der Waals surface area contributed by atoms with Crippen LogP contribution in [0.3, 0.4) is 0 Å². The summed E-state index contributed by atoms with van der Waals surface area (Å²) >= 11 is 5.74. The molecule has 3 heteroatoms. The molecule has 0 aliphatic rings. The Kier molecular flexibility index (Phi) is 5.10. The van der Waals surface area contributed by atoms with E-state index in [1.54, 1.807) is 12.1 Å². The zero-order valence-corrected chi connectivity index (χ0v) is 10.7. The summed E-state index contributed by atoms with van der Waals surface area (Å²) in [5, 5.41) is 12.6. The highest BCUT2D eigenvalue weighted by molar-refractivity contribution is 6.17. The number of nitrogens with one attached hydrogen (secondary N) is 1. The first-order chi connectivity index (χ1) is 7.53. The van der Waals surface area contributed by atoms with E-state index < -0.39 is 0 Å². The lowest BCUT2D eigenvalue weighted by Gasteiger charge is -2.23. The molecule has 2 N–H and O–H groups in total. The molecule has 16 heavy (non-hydrogen) atoms. The Hall–Kier alpha value is -0.730. The average molecular weight is 242 g/mol. The molecule has 1 aromatic rings. The maximum absolute atomic E-state index is 9.15. The molecule has 2 nitrogen and oxygen atoms in total. The molecule has 0 unspecified atom stereocenters. The molecular formula is C13H20ClNO. The van der Waals surface area contributed by atoms with Gasteiger partial charge in [0.2, 0.25) is 0 Å². The van der Waals surface area contributed by atoms with E-state index in [0.717, 1.165) is 19.5 Å². The molecule has 1 rings (SSSR count). The molecule has 0 fully saturated rings. The van der Waals surface area contributed by atoms with Crippen LogP contribution in [0, 0.1) is 5.41 Å². The number of alkyl halides is 1. The van der Waals surface area contributed by atoms with Gasteiger partial charge < -0.3 is 10.4 Å². The number of hydrogen-bond acceptors (Lipinski definition) is 2. The van der Waals surface area contributed by atoms with Crippen molar-refractivity contribution in [2.45, 2.75) is 26.8 Å². The Morgan fingerprint density at radius 1 is 1.25 bits per heavy atom. The summed E-state index contributed by atoms with van der Waals surface area (Å²) < 4.78 is 0. The van der Waals surface area contributed by atoms with Gasteiger partial charge in [0, 0.05) is 19.0 Å². The normalized spacial score (nSPS) is 11.7. The van der Waals surface area contributed by atoms with Crippen molar-refractivity contribution in [1.29, 1.82) is 0 Å². The van der Waals surface area contributed by atoms with Crippen LogP contribution in [0.4, 0.5) is 0 Å². The zero-order chi connectivity index (χ0) is 12.0. The second-order valence-electron chi connectivity index (χ2n) is 4.87. The van der Waals surface area contributed by atoms with Crippen molar-refractivity contribution < 1.29 is 5.11 Å². The summed E-state index contributed by atoms with van der Waals surface area (Å²) in [4.78, 5) is 0. The molecule has 0 saturated heterocycles. The summed E-state index contributed by atoms with van der Waals surface area (Å²) in [7, 11) is 0. The molecule has 0 aliphatic carbocycles. The lowest BCUT2D eigenvalue weighted by atomic mass is 9.90. The fraction of sp³-hybridized carbons (Fsp3) is 0.538. The number of halogens is 1. The van der Waals surface area contributed by atoms with Crippen LogP contribution in [0.2, 0.25) is 0 Å². The van der Waals surface area contributed by atoms with E-state index in [2.05, 4.69) is 19.2 Å². The number of benzene rings is 1. The van der Waals surface area contributed by atoms with Gasteiger partial charge in [-0.05, 0) is 29.5 Å². The van der Waals surface area contributed by atoms with E-state index >= 15 is 0 Å². The van der Waals surface area contributed by atoms with Crippen molar-refractivity contribution in [3.63, 3.8) is 0 Å². The maximum atomic E-state index is 9.15. The molecule has 0 atom stereocenters. The lowest BCUT2D eigenvalue weighted by Crippen LogP contribution is -2.29. The highest BCUT2D eigenvalue weighted by Crippen LogP contribution is 2.19. The molecule has 0 aliphatic heterocycles. The van der Waals surface area contributed by atoms with Crippen LogP contribution >= 0.6 is 11.6 Å². The number of rotatable bonds is 6. The van der Waals surface area contributed by atoms with E-state index in [-0.39, 0.29) is 5.41 Å². The third-order valence-corrected chi connectivity index (χ3v) is 2.83. The molecule has 0 aromatic heterocycles. The van der Waals surface area contributed by atoms with Gasteiger partial charge in [0.05, 0.1) is 0 Å². The minimum Gasteiger partial charge on any atom is -0.508 e. The second kappa shape index (κ2) is 6.12. The van der Waals surface area contributed by atoms with E-state index in [1.807, 2.05) is 12.1 Å². The number of aromatic hydroxyl groups is 1. The van der Waals surface area contributed by atoms with Crippen molar-refractivity contribution >= 4 is 11.6 Å². The van der Waals surface area contributed by atoms with Gasteiger partial charge in [-0.2, -0.15) is 0 Å². The average Bonchev–Trinajstić information content (AvgIpc) is 2.20. The molecule has 0 bridgehead atoms. The fourth-order valence-electron chi connectivity index (χ4n) is 1.50. The standard InChI is InChI=1S/C13H20ClNO/c1-13(2,7-8-14)10-15-9-11-3-5-12(16)6-4-11/h3-6,15-16H,7-10H2,1-2H3. The van der Waals surface area contributed by atoms with Gasteiger partial charge >= 0.3 is 0 Å². The quantitative estimate of drug-likeness (QED) is 0.750. The summed E-state index contributed by atoms with van der Waals surface area (Å²) in [5.41, 5.74) is 1.41. The summed E-state index contributed by atoms with van der Waals surface area (Å²) in [6.45, 7) is 6.19. The minimum absolute atomic E-state index is 0.235. The third kappa shape index (κ3) is 4.86. The molecule has 0 amide bonds. The van der Waals surface area contributed by atoms with E-state index in [9.17, 15) is 0 Å². The summed E-state index contributed by atoms with van der Waals surface area (Å²) in [5.74, 6) is 1.01. The third-order valence-electron chi connectivity index (χ3n) is 2.64. The molecule has 1 aromatic carbocycles. The monoisotopic (exact) mass is 241 g/mol.